The molecule has 3 fully saturated rings. The molecule has 1 saturated heterocycles. The molecule has 2 bridgehead atoms. The molecule has 2 aromatic rings. The average molecular weight is 614 g/mol. The van der Waals surface area contributed by atoms with Crippen LogP contribution in [-0.2, 0) is 19.4 Å². The van der Waals surface area contributed by atoms with Gasteiger partial charge in [0.25, 0.3) is 5.91 Å². The number of carbonyl (C=O) groups is 3. The van der Waals surface area contributed by atoms with E-state index in [1.807, 2.05) is 0 Å². The Morgan fingerprint density at radius 2 is 1.68 bits per heavy atom. The number of halogens is 4. The molecule has 1 aliphatic heterocycles. The summed E-state index contributed by atoms with van der Waals surface area (Å²) in [6.07, 6.45) is 1.95. The number of fused-ring (bicyclic) bond motifs is 2. The molecular weight excluding hydrogens is 587 g/mol. The van der Waals surface area contributed by atoms with Crippen LogP contribution in [0, 0.1) is 29.3 Å². The van der Waals surface area contributed by atoms with Crippen LogP contribution in [0.4, 0.5) is 18.9 Å². The number of rotatable bonds is 7. The molecule has 5 rings (SSSR count). The fraction of sp³-hybridized carbons (Fsp3) is 0.444. The van der Waals surface area contributed by atoms with E-state index in [-0.39, 0.29) is 52.9 Å². The zero-order valence-corrected chi connectivity index (χ0v) is 23.1. The molecule has 41 heavy (non-hydrogen) atoms. The van der Waals surface area contributed by atoms with Crippen molar-refractivity contribution in [1.82, 2.24) is 10.6 Å². The quantitative estimate of drug-likeness (QED) is 0.354. The molecule has 2 saturated carbocycles. The van der Waals surface area contributed by atoms with Crippen molar-refractivity contribution in [3.63, 3.8) is 0 Å². The monoisotopic (exact) mass is 613 g/mol. The number of anilines is 1. The van der Waals surface area contributed by atoms with Gasteiger partial charge in [0.2, 0.25) is 11.8 Å². The first kappa shape index (κ1) is 29.3. The van der Waals surface area contributed by atoms with Gasteiger partial charge in [-0.15, -0.1) is 0 Å². The van der Waals surface area contributed by atoms with Crippen LogP contribution in [0.3, 0.4) is 0 Å². The summed E-state index contributed by atoms with van der Waals surface area (Å²) < 4.78 is 67.8. The van der Waals surface area contributed by atoms with E-state index in [0.717, 1.165) is 6.07 Å². The summed E-state index contributed by atoms with van der Waals surface area (Å²) >= 11 is 6.25. The van der Waals surface area contributed by atoms with E-state index in [9.17, 15) is 41.1 Å². The fourth-order valence-electron chi connectivity index (χ4n) is 6.19. The minimum absolute atomic E-state index is 0.0682. The lowest BCUT2D eigenvalue weighted by molar-refractivity contribution is -0.128. The van der Waals surface area contributed by atoms with Crippen molar-refractivity contribution in [3.8, 4) is 0 Å². The molecule has 2 aliphatic carbocycles. The number of aliphatic hydroxyl groups is 1. The topological polar surface area (TPSA) is 142 Å². The number of hydrogen-bond donors (Lipinski definition) is 4. The number of carbonyl (C=O) groups excluding carboxylic acids is 3. The van der Waals surface area contributed by atoms with Gasteiger partial charge in [-0.3, -0.25) is 14.4 Å². The van der Waals surface area contributed by atoms with E-state index < -0.39 is 67.8 Å². The average Bonchev–Trinajstić information content (AvgIpc) is 3.38. The van der Waals surface area contributed by atoms with Crippen LogP contribution >= 0.6 is 11.6 Å². The van der Waals surface area contributed by atoms with Gasteiger partial charge >= 0.3 is 0 Å². The fourth-order valence-corrected chi connectivity index (χ4v) is 8.59. The van der Waals surface area contributed by atoms with Gasteiger partial charge in [-0.2, -0.15) is 0 Å². The third-order valence-electron chi connectivity index (χ3n) is 8.41. The Balaban J connectivity index is 1.30. The number of amides is 3. The lowest BCUT2D eigenvalue weighted by atomic mass is 9.74. The van der Waals surface area contributed by atoms with Crippen molar-refractivity contribution in [2.45, 2.75) is 60.3 Å². The summed E-state index contributed by atoms with van der Waals surface area (Å²) in [7, 11) is -4.09. The Bertz CT molecular complexity index is 1500. The minimum atomic E-state index is -4.09. The van der Waals surface area contributed by atoms with Gasteiger partial charge < -0.3 is 21.1 Å². The normalized spacial score (nSPS) is 27.4. The van der Waals surface area contributed by atoms with Gasteiger partial charge in [0.15, 0.2) is 27.3 Å². The van der Waals surface area contributed by atoms with Crippen LogP contribution in [0.5, 0.6) is 0 Å². The van der Waals surface area contributed by atoms with Gasteiger partial charge in [0.1, 0.15) is 6.04 Å². The summed E-state index contributed by atoms with van der Waals surface area (Å²) in [5, 5.41) is 17.9. The number of sulfone groups is 1. The molecule has 14 heteroatoms. The highest BCUT2D eigenvalue weighted by molar-refractivity contribution is 7.92. The Morgan fingerprint density at radius 3 is 2.27 bits per heavy atom. The maximum absolute atomic E-state index is 13.7. The molecule has 3 amide bonds. The predicted octanol–water partition coefficient (Wildman–Crippen LogP) is 3.10. The molecule has 3 aliphatic rings. The van der Waals surface area contributed by atoms with Crippen molar-refractivity contribution in [1.29, 1.82) is 0 Å². The van der Waals surface area contributed by atoms with E-state index in [1.165, 1.54) is 12.1 Å². The molecule has 9 nitrogen and oxygen atoms in total. The SMILES string of the molecule is O=C1CC[C@@H](C(=O)NC[C@@]2(O)C3CC[C@H]2C[C@H](S(=O)(=O)c2cc(C(=O)Nc4cc(F)c(F)c(F)c4)ccc2Cl)C3)N1. The van der Waals surface area contributed by atoms with E-state index in [4.69, 9.17) is 11.6 Å². The standard InChI is InChI=1S/C27H27ClF3N3O6S/c28-18-4-1-13(25(36)33-16-10-19(29)24(31)20(30)11-16)7-22(18)41(39,40)17-8-14-2-3-15(9-17)27(14,38)12-32-26(37)21-5-6-23(35)34-21/h1,4,7,10-11,14-15,17,21,38H,2-3,5-6,8-9,12H2,(H,32,37)(H,33,36)(H,34,35)/t14-,15?,17-,21-,27-/m0/s1. The number of hydrogen-bond acceptors (Lipinski definition) is 6. The van der Waals surface area contributed by atoms with Gasteiger partial charge in [-0.05, 0) is 62.1 Å². The predicted molar refractivity (Wildman–Crippen MR) is 141 cm³/mol. The molecule has 1 heterocycles. The van der Waals surface area contributed by atoms with Gasteiger partial charge in [-0.1, -0.05) is 11.6 Å². The van der Waals surface area contributed by atoms with Crippen molar-refractivity contribution < 1.29 is 41.1 Å². The third-order valence-corrected chi connectivity index (χ3v) is 11.1. The summed E-state index contributed by atoms with van der Waals surface area (Å²) in [6.45, 7) is -0.0682. The zero-order chi connectivity index (χ0) is 29.7. The second-order valence-electron chi connectivity index (χ2n) is 10.8. The largest absolute Gasteiger partial charge is 0.387 e. The molecule has 1 unspecified atom stereocenters. The second-order valence-corrected chi connectivity index (χ2v) is 13.4. The lowest BCUT2D eigenvalue weighted by Crippen LogP contribution is -2.56. The molecule has 2 aromatic carbocycles. The summed E-state index contributed by atoms with van der Waals surface area (Å²) in [4.78, 5) is 36.3. The Morgan fingerprint density at radius 1 is 1.05 bits per heavy atom. The van der Waals surface area contributed by atoms with E-state index in [2.05, 4.69) is 16.0 Å². The molecule has 5 atom stereocenters. The number of nitrogens with one attached hydrogen (secondary N) is 3. The summed E-state index contributed by atoms with van der Waals surface area (Å²) in [6, 6.07) is 4.06. The van der Waals surface area contributed by atoms with Gasteiger partial charge in [0, 0.05) is 36.3 Å². The molecule has 0 radical (unpaired) electrons. The highest BCUT2D eigenvalue weighted by Gasteiger charge is 2.56. The zero-order valence-electron chi connectivity index (χ0n) is 21.6. The van der Waals surface area contributed by atoms with Crippen molar-refractivity contribution in [2.24, 2.45) is 11.8 Å². The van der Waals surface area contributed by atoms with Gasteiger partial charge in [-0.25, -0.2) is 21.6 Å². The van der Waals surface area contributed by atoms with E-state index in [0.29, 0.717) is 31.4 Å². The van der Waals surface area contributed by atoms with Crippen molar-refractivity contribution in [2.75, 3.05) is 11.9 Å². The maximum atomic E-state index is 13.7. The molecule has 0 spiro atoms. The van der Waals surface area contributed by atoms with E-state index in [1.54, 1.807) is 0 Å². The van der Waals surface area contributed by atoms with Gasteiger partial charge in [0.05, 0.1) is 20.8 Å². The second kappa shape index (κ2) is 10.9. The molecule has 220 valence electrons. The summed E-state index contributed by atoms with van der Waals surface area (Å²) in [5.41, 5.74) is -1.83. The van der Waals surface area contributed by atoms with Crippen LogP contribution in [0.2, 0.25) is 5.02 Å². The first-order valence-corrected chi connectivity index (χ1v) is 15.0. The minimum Gasteiger partial charge on any atom is -0.387 e. The molecule has 4 N–H and O–H groups in total. The third kappa shape index (κ3) is 5.54. The lowest BCUT2D eigenvalue weighted by Gasteiger charge is -2.42. The maximum Gasteiger partial charge on any atom is 0.255 e. The van der Waals surface area contributed by atoms with Crippen LogP contribution in [0.25, 0.3) is 0 Å². The van der Waals surface area contributed by atoms with E-state index >= 15 is 0 Å². The van der Waals surface area contributed by atoms with Crippen molar-refractivity contribution >= 4 is 44.8 Å². The molecule has 0 aromatic heterocycles. The van der Waals surface area contributed by atoms with Crippen LogP contribution in [0.1, 0.15) is 48.9 Å². The number of benzene rings is 2. The Labute approximate surface area is 238 Å². The first-order chi connectivity index (χ1) is 19.3. The van der Waals surface area contributed by atoms with Crippen LogP contribution < -0.4 is 16.0 Å². The smallest absolute Gasteiger partial charge is 0.255 e. The van der Waals surface area contributed by atoms with Crippen LogP contribution in [-0.4, -0.2) is 54.7 Å². The molecular formula is C27H27ClF3N3O6S. The Hall–Kier alpha value is -3.16. The highest BCUT2D eigenvalue weighted by Crippen LogP contribution is 2.52. The summed E-state index contributed by atoms with van der Waals surface area (Å²) in [5.74, 6) is -7.05. The van der Waals surface area contributed by atoms with Crippen molar-refractivity contribution in [3.05, 3.63) is 58.4 Å². The highest BCUT2D eigenvalue weighted by atomic mass is 35.5. The Kier molecular flexibility index (Phi) is 7.81. The van der Waals surface area contributed by atoms with Crippen LogP contribution in [0.15, 0.2) is 35.2 Å². The first-order valence-electron chi connectivity index (χ1n) is 13.1.